The average Bonchev–Trinajstić information content (AvgIpc) is 3.41. The van der Waals surface area contributed by atoms with E-state index in [9.17, 15) is 31.2 Å². The molecule has 0 spiro atoms. The Morgan fingerprint density at radius 1 is 1.07 bits per heavy atom. The van der Waals surface area contributed by atoms with E-state index in [4.69, 9.17) is 4.84 Å². The van der Waals surface area contributed by atoms with Crippen molar-refractivity contribution in [1.82, 2.24) is 4.90 Å². The molecule has 43 heavy (non-hydrogen) atoms. The minimum atomic E-state index is -4.86. The van der Waals surface area contributed by atoms with Gasteiger partial charge in [0.15, 0.2) is 9.84 Å². The van der Waals surface area contributed by atoms with Gasteiger partial charge in [0.1, 0.15) is 0 Å². The lowest BCUT2D eigenvalue weighted by Gasteiger charge is -2.30. The monoisotopic (exact) mass is 727 g/mol. The molecule has 0 radical (unpaired) electrons. The number of carbonyl (C=O) groups excluding carboxylic acids is 2. The Kier molecular flexibility index (Phi) is 9.26. The Labute approximate surface area is 261 Å². The van der Waals surface area contributed by atoms with Gasteiger partial charge in [-0.25, -0.2) is 8.42 Å². The predicted molar refractivity (Wildman–Crippen MR) is 165 cm³/mol. The number of alkyl halides is 3. The number of hydrogen-bond acceptors (Lipinski definition) is 6. The van der Waals surface area contributed by atoms with Crippen LogP contribution < -0.4 is 5.32 Å². The summed E-state index contributed by atoms with van der Waals surface area (Å²) in [4.78, 5) is 33.3. The zero-order valence-corrected chi connectivity index (χ0v) is 26.7. The molecular formula is C30H29F3IN3O5S. The minimum absolute atomic E-state index is 0.0106. The number of nitrogens with zero attached hydrogens (tertiary/aromatic N) is 2. The van der Waals surface area contributed by atoms with Crippen molar-refractivity contribution in [2.45, 2.75) is 43.9 Å². The fraction of sp³-hybridized carbons (Fsp3) is 0.300. The van der Waals surface area contributed by atoms with Crippen LogP contribution in [-0.4, -0.2) is 56.4 Å². The highest BCUT2D eigenvalue weighted by atomic mass is 127. The van der Waals surface area contributed by atoms with Gasteiger partial charge >= 0.3 is 6.18 Å². The minimum Gasteiger partial charge on any atom is -0.374 e. The fourth-order valence-electron chi connectivity index (χ4n) is 4.80. The topological polar surface area (TPSA) is 105 Å². The summed E-state index contributed by atoms with van der Waals surface area (Å²) in [6, 6.07) is 14.2. The number of nitrogens with one attached hydrogen (secondary N) is 1. The van der Waals surface area contributed by atoms with Crippen LogP contribution >= 0.6 is 22.6 Å². The molecule has 1 heterocycles. The number of aryl methyl sites for hydroxylation is 1. The molecule has 0 saturated carbocycles. The largest absolute Gasteiger partial charge is 0.435 e. The van der Waals surface area contributed by atoms with Crippen LogP contribution in [0, 0.1) is 10.5 Å². The third kappa shape index (κ3) is 6.42. The molecule has 0 fully saturated rings. The van der Waals surface area contributed by atoms with Gasteiger partial charge in [-0.2, -0.15) is 13.2 Å². The normalized spacial score (nSPS) is 16.8. The molecule has 0 aliphatic carbocycles. The van der Waals surface area contributed by atoms with Crippen LogP contribution in [0.4, 0.5) is 18.9 Å². The van der Waals surface area contributed by atoms with Crippen LogP contribution in [0.1, 0.15) is 57.7 Å². The van der Waals surface area contributed by atoms with Crippen LogP contribution in [0.25, 0.3) is 0 Å². The van der Waals surface area contributed by atoms with Crippen molar-refractivity contribution in [1.29, 1.82) is 0 Å². The second kappa shape index (κ2) is 12.3. The SMILES string of the molecule is CCN(CC)C(=O)c1c(I)cccc1C(=O)Nc1ccc(C2(C(F)(F)F)CC(c3ccc(S(C)(=O)=O)cc3)=NO2)cc1C. The van der Waals surface area contributed by atoms with Gasteiger partial charge in [-0.1, -0.05) is 29.4 Å². The van der Waals surface area contributed by atoms with E-state index in [1.807, 2.05) is 36.4 Å². The summed E-state index contributed by atoms with van der Waals surface area (Å²) in [5, 5.41) is 6.47. The Hall–Kier alpha value is -3.46. The molecule has 228 valence electrons. The number of amides is 2. The zero-order valence-electron chi connectivity index (χ0n) is 23.8. The molecule has 0 bridgehead atoms. The zero-order chi connectivity index (χ0) is 31.7. The van der Waals surface area contributed by atoms with Crippen molar-refractivity contribution >= 4 is 55.6 Å². The van der Waals surface area contributed by atoms with E-state index in [1.165, 1.54) is 48.5 Å². The lowest BCUT2D eigenvalue weighted by molar-refractivity contribution is -0.275. The smallest absolute Gasteiger partial charge is 0.374 e. The summed E-state index contributed by atoms with van der Waals surface area (Å²) in [7, 11) is -3.48. The number of halogens is 4. The first-order valence-corrected chi connectivity index (χ1v) is 16.2. The molecule has 1 atom stereocenters. The molecule has 3 aromatic carbocycles. The van der Waals surface area contributed by atoms with Crippen molar-refractivity contribution in [3.8, 4) is 0 Å². The molecular weight excluding hydrogens is 698 g/mol. The molecule has 0 aromatic heterocycles. The summed E-state index contributed by atoms with van der Waals surface area (Å²) in [6.07, 6.45) is -4.46. The summed E-state index contributed by atoms with van der Waals surface area (Å²) >= 11 is 2.00. The number of carbonyl (C=O) groups is 2. The van der Waals surface area contributed by atoms with Gasteiger partial charge in [0.25, 0.3) is 17.4 Å². The second-order valence-electron chi connectivity index (χ2n) is 10.1. The van der Waals surface area contributed by atoms with E-state index in [2.05, 4.69) is 10.5 Å². The standard InChI is InChI=1S/C30H29F3IN3O5S/c1-5-37(6-2)28(39)26-22(8-7-9-23(26)34)27(38)35-24-15-12-20(16-18(24)3)29(30(31,32)33)17-25(36-42-29)19-10-13-21(14-11-19)43(4,40)41/h7-16H,5-6,17H2,1-4H3,(H,35,38). The van der Waals surface area contributed by atoms with Gasteiger partial charge in [0, 0.05) is 40.6 Å². The average molecular weight is 728 g/mol. The van der Waals surface area contributed by atoms with Crippen LogP contribution in [0.2, 0.25) is 0 Å². The molecule has 3 aromatic rings. The maximum atomic E-state index is 14.6. The first-order valence-electron chi connectivity index (χ1n) is 13.3. The van der Waals surface area contributed by atoms with Gasteiger partial charge in [0.2, 0.25) is 0 Å². The van der Waals surface area contributed by atoms with Crippen molar-refractivity contribution in [3.05, 3.63) is 92.1 Å². The summed E-state index contributed by atoms with van der Waals surface area (Å²) < 4.78 is 67.8. The van der Waals surface area contributed by atoms with E-state index in [0.29, 0.717) is 27.8 Å². The molecule has 8 nitrogen and oxygen atoms in total. The number of hydrogen-bond donors (Lipinski definition) is 1. The first-order chi connectivity index (χ1) is 20.1. The molecule has 4 rings (SSSR count). The van der Waals surface area contributed by atoms with E-state index < -0.39 is 33.9 Å². The van der Waals surface area contributed by atoms with Crippen LogP contribution in [0.3, 0.4) is 0 Å². The third-order valence-corrected chi connectivity index (χ3v) is 9.29. The maximum Gasteiger partial charge on any atom is 0.435 e. The van der Waals surface area contributed by atoms with Crippen LogP contribution in [0.5, 0.6) is 0 Å². The molecule has 1 unspecified atom stereocenters. The highest BCUT2D eigenvalue weighted by Gasteiger charge is 2.62. The molecule has 1 aliphatic heterocycles. The van der Waals surface area contributed by atoms with Crippen molar-refractivity contribution < 1.29 is 36.0 Å². The lowest BCUT2D eigenvalue weighted by atomic mass is 9.85. The molecule has 1 N–H and O–H groups in total. The summed E-state index contributed by atoms with van der Waals surface area (Å²) in [5.74, 6) is -0.866. The van der Waals surface area contributed by atoms with Crippen molar-refractivity contribution in [2.75, 3.05) is 24.7 Å². The highest BCUT2D eigenvalue weighted by molar-refractivity contribution is 14.1. The molecule has 1 aliphatic rings. The quantitative estimate of drug-likeness (QED) is 0.274. The predicted octanol–water partition coefficient (Wildman–Crippen LogP) is 6.32. The molecule has 13 heteroatoms. The van der Waals surface area contributed by atoms with E-state index >= 15 is 0 Å². The fourth-order valence-corrected chi connectivity index (χ4v) is 6.16. The van der Waals surface area contributed by atoms with E-state index in [-0.39, 0.29) is 38.9 Å². The number of rotatable bonds is 8. The Morgan fingerprint density at radius 2 is 1.72 bits per heavy atom. The number of anilines is 1. The summed E-state index contributed by atoms with van der Waals surface area (Å²) in [5.41, 5.74) is -1.68. The number of benzene rings is 3. The van der Waals surface area contributed by atoms with Gasteiger partial charge in [-0.15, -0.1) is 0 Å². The van der Waals surface area contributed by atoms with Crippen LogP contribution in [0.15, 0.2) is 70.7 Å². The second-order valence-corrected chi connectivity index (χ2v) is 13.2. The third-order valence-electron chi connectivity index (χ3n) is 7.27. The van der Waals surface area contributed by atoms with Gasteiger partial charge in [-0.3, -0.25) is 9.59 Å². The van der Waals surface area contributed by atoms with Crippen molar-refractivity contribution in [2.24, 2.45) is 5.16 Å². The highest BCUT2D eigenvalue weighted by Crippen LogP contribution is 2.49. The Balaban J connectivity index is 1.62. The number of oxime groups is 1. The number of sulfone groups is 1. The molecule has 2 amide bonds. The van der Waals surface area contributed by atoms with Gasteiger partial charge in [0.05, 0.1) is 21.7 Å². The maximum absolute atomic E-state index is 14.6. The Morgan fingerprint density at radius 3 is 2.28 bits per heavy atom. The summed E-state index contributed by atoms with van der Waals surface area (Å²) in [6.45, 7) is 6.16. The van der Waals surface area contributed by atoms with Crippen molar-refractivity contribution in [3.63, 3.8) is 0 Å². The van der Waals surface area contributed by atoms with E-state index in [1.54, 1.807) is 24.0 Å². The Bertz CT molecular complexity index is 1700. The molecule has 0 saturated heterocycles. The lowest BCUT2D eigenvalue weighted by Crippen LogP contribution is -2.42. The first kappa shape index (κ1) is 32.5. The van der Waals surface area contributed by atoms with Gasteiger partial charge < -0.3 is 15.1 Å². The van der Waals surface area contributed by atoms with E-state index in [0.717, 1.165) is 6.26 Å². The van der Waals surface area contributed by atoms with Crippen LogP contribution in [-0.2, 0) is 20.3 Å². The van der Waals surface area contributed by atoms with Gasteiger partial charge in [-0.05, 0) is 90.9 Å².